The van der Waals surface area contributed by atoms with E-state index in [-0.39, 0.29) is 24.6 Å². The molecule has 0 aliphatic rings. The number of methoxy groups -OCH3 is 2. The standard InChI is InChI=1S/C13H17BrClO3P.Li.H/c1-7(19)4-5-10(16)11-12(17-2)8(14)6-9(15)13(11)18-3;;/h6-7H,4-5,19H2,1-3H3;;. The van der Waals surface area contributed by atoms with Gasteiger partial charge >= 0.3 is 18.9 Å². The van der Waals surface area contributed by atoms with Crippen molar-refractivity contribution in [3.8, 4) is 11.5 Å². The zero-order chi connectivity index (χ0) is 14.6. The first-order chi connectivity index (χ1) is 8.92. The fourth-order valence-corrected chi connectivity index (χ4v) is 2.89. The molecule has 0 aromatic heterocycles. The second-order valence-electron chi connectivity index (χ2n) is 4.22. The third kappa shape index (κ3) is 4.93. The average Bonchev–Trinajstić information content (AvgIpc) is 2.35. The molecule has 2 atom stereocenters. The topological polar surface area (TPSA) is 35.5 Å². The molecular weight excluding hydrogens is 357 g/mol. The minimum atomic E-state index is -0.0359. The summed E-state index contributed by atoms with van der Waals surface area (Å²) >= 11 is 9.45. The zero-order valence-electron chi connectivity index (χ0n) is 11.1. The number of ketones is 1. The molecule has 0 heterocycles. The maximum absolute atomic E-state index is 12.4. The molecule has 3 nitrogen and oxygen atoms in total. The van der Waals surface area contributed by atoms with E-state index in [9.17, 15) is 4.79 Å². The Balaban J connectivity index is 0.00000361. The molecule has 0 fully saturated rings. The summed E-state index contributed by atoms with van der Waals surface area (Å²) in [5, 5.41) is 0.387. The van der Waals surface area contributed by atoms with E-state index in [4.69, 9.17) is 21.1 Å². The van der Waals surface area contributed by atoms with Gasteiger partial charge in [0.05, 0.1) is 23.7 Å². The molecule has 0 radical (unpaired) electrons. The third-order valence-corrected chi connectivity index (χ3v) is 3.86. The molecule has 0 amide bonds. The van der Waals surface area contributed by atoms with Gasteiger partial charge in [-0.15, -0.1) is 9.24 Å². The van der Waals surface area contributed by atoms with Crippen molar-refractivity contribution >= 4 is 61.4 Å². The third-order valence-electron chi connectivity index (χ3n) is 2.66. The number of ether oxygens (including phenoxy) is 2. The normalized spacial score (nSPS) is 11.5. The van der Waals surface area contributed by atoms with Crippen molar-refractivity contribution in [2.75, 3.05) is 14.2 Å². The van der Waals surface area contributed by atoms with Crippen molar-refractivity contribution in [1.29, 1.82) is 0 Å². The number of hydrogen-bond acceptors (Lipinski definition) is 3. The van der Waals surface area contributed by atoms with Crippen LogP contribution in [0, 0.1) is 0 Å². The Morgan fingerprint density at radius 1 is 1.40 bits per heavy atom. The molecule has 1 rings (SSSR count). The van der Waals surface area contributed by atoms with Crippen LogP contribution in [0.25, 0.3) is 0 Å². The molecule has 0 N–H and O–H groups in total. The molecular formula is C13H18BrClLiO3P. The Labute approximate surface area is 147 Å². The van der Waals surface area contributed by atoms with Gasteiger partial charge < -0.3 is 9.47 Å². The van der Waals surface area contributed by atoms with Crippen LogP contribution in [-0.2, 0) is 0 Å². The van der Waals surface area contributed by atoms with Gasteiger partial charge in [-0.05, 0) is 34.1 Å². The summed E-state index contributed by atoms with van der Waals surface area (Å²) in [7, 11) is 5.68. The first kappa shape index (κ1) is 20.3. The van der Waals surface area contributed by atoms with Crippen molar-refractivity contribution in [3.05, 3.63) is 21.1 Å². The molecule has 1 aromatic carbocycles. The van der Waals surface area contributed by atoms with Crippen LogP contribution in [0.1, 0.15) is 30.1 Å². The predicted molar refractivity (Wildman–Crippen MR) is 92.1 cm³/mol. The van der Waals surface area contributed by atoms with Crippen LogP contribution < -0.4 is 9.47 Å². The van der Waals surface area contributed by atoms with Gasteiger partial charge in [0.2, 0.25) is 0 Å². The molecule has 7 heteroatoms. The summed E-state index contributed by atoms with van der Waals surface area (Å²) in [6.45, 7) is 2.04. The van der Waals surface area contributed by atoms with Crippen molar-refractivity contribution in [1.82, 2.24) is 0 Å². The fraction of sp³-hybridized carbons (Fsp3) is 0.462. The van der Waals surface area contributed by atoms with Gasteiger partial charge in [0.25, 0.3) is 0 Å². The van der Waals surface area contributed by atoms with E-state index < -0.39 is 0 Å². The molecule has 0 saturated heterocycles. The number of carbonyl (C=O) groups is 1. The van der Waals surface area contributed by atoms with E-state index in [1.165, 1.54) is 14.2 Å². The Morgan fingerprint density at radius 3 is 2.40 bits per heavy atom. The van der Waals surface area contributed by atoms with Crippen LogP contribution in [0.5, 0.6) is 11.5 Å². The first-order valence-corrected chi connectivity index (χ1v) is 7.64. The summed E-state index contributed by atoms with van der Waals surface area (Å²) in [4.78, 5) is 12.4. The van der Waals surface area contributed by atoms with Crippen molar-refractivity contribution in [2.24, 2.45) is 0 Å². The minimum absolute atomic E-state index is 0. The van der Waals surface area contributed by atoms with Crippen LogP contribution in [0.4, 0.5) is 0 Å². The van der Waals surface area contributed by atoms with Crippen molar-refractivity contribution in [2.45, 2.75) is 25.4 Å². The number of carbonyl (C=O) groups excluding carboxylic acids is 1. The fourth-order valence-electron chi connectivity index (χ4n) is 1.72. The van der Waals surface area contributed by atoms with E-state index in [2.05, 4.69) is 25.2 Å². The zero-order valence-corrected chi connectivity index (χ0v) is 14.6. The molecule has 108 valence electrons. The molecule has 0 spiro atoms. The number of rotatable bonds is 6. The number of benzene rings is 1. The average molecular weight is 376 g/mol. The van der Waals surface area contributed by atoms with E-state index in [1.54, 1.807) is 6.07 Å². The number of Topliss-reactive ketones (excluding diaryl/α,β-unsaturated/α-hetero) is 1. The Hall–Kier alpha value is 0.287. The second-order valence-corrected chi connectivity index (χ2v) is 6.62. The molecule has 2 unspecified atom stereocenters. The van der Waals surface area contributed by atoms with Gasteiger partial charge in [-0.2, -0.15) is 0 Å². The van der Waals surface area contributed by atoms with Gasteiger partial charge in [-0.3, -0.25) is 4.79 Å². The van der Waals surface area contributed by atoms with Crippen LogP contribution in [-0.4, -0.2) is 44.5 Å². The summed E-state index contributed by atoms with van der Waals surface area (Å²) in [5.41, 5.74) is 0.776. The van der Waals surface area contributed by atoms with E-state index >= 15 is 0 Å². The van der Waals surface area contributed by atoms with Gasteiger partial charge in [0.15, 0.2) is 11.5 Å². The van der Waals surface area contributed by atoms with E-state index in [0.717, 1.165) is 6.42 Å². The quantitative estimate of drug-likeness (QED) is 0.432. The Morgan fingerprint density at radius 2 is 1.95 bits per heavy atom. The van der Waals surface area contributed by atoms with Crippen LogP contribution in [0.15, 0.2) is 10.5 Å². The predicted octanol–water partition coefficient (Wildman–Crippen LogP) is 3.70. The maximum atomic E-state index is 12.4. The van der Waals surface area contributed by atoms with Gasteiger partial charge in [0.1, 0.15) is 11.3 Å². The molecule has 0 aliphatic carbocycles. The summed E-state index contributed by atoms with van der Waals surface area (Å²) < 4.78 is 11.2. The van der Waals surface area contributed by atoms with Gasteiger partial charge in [-0.1, -0.05) is 18.5 Å². The molecule has 0 aliphatic heterocycles. The van der Waals surface area contributed by atoms with Crippen LogP contribution in [0.2, 0.25) is 5.02 Å². The van der Waals surface area contributed by atoms with Crippen molar-refractivity contribution in [3.63, 3.8) is 0 Å². The summed E-state index contributed by atoms with van der Waals surface area (Å²) in [6, 6.07) is 1.66. The first-order valence-electron chi connectivity index (χ1n) is 5.81. The van der Waals surface area contributed by atoms with Gasteiger partial charge in [0, 0.05) is 6.42 Å². The molecule has 1 aromatic rings. The number of hydrogen-bond donors (Lipinski definition) is 0. The van der Waals surface area contributed by atoms with Crippen LogP contribution in [0.3, 0.4) is 0 Å². The molecule has 0 bridgehead atoms. The SMILES string of the molecule is COc1c(Cl)cc(Br)c(OC)c1C(=O)CCC(C)P.[LiH]. The summed E-state index contributed by atoms with van der Waals surface area (Å²) in [5.74, 6) is 0.789. The second kappa shape index (κ2) is 9.33. The Bertz CT molecular complexity index is 455. The van der Waals surface area contributed by atoms with Crippen molar-refractivity contribution < 1.29 is 14.3 Å². The van der Waals surface area contributed by atoms with Gasteiger partial charge in [-0.25, -0.2) is 0 Å². The Kier molecular flexibility index (Phi) is 9.47. The molecule has 0 saturated carbocycles. The van der Waals surface area contributed by atoms with E-state index in [1.807, 2.05) is 6.92 Å². The monoisotopic (exact) mass is 374 g/mol. The molecule has 20 heavy (non-hydrogen) atoms. The summed E-state index contributed by atoms with van der Waals surface area (Å²) in [6.07, 6.45) is 1.20. The van der Waals surface area contributed by atoms with Crippen LogP contribution >= 0.6 is 36.8 Å². The van der Waals surface area contributed by atoms with E-state index in [0.29, 0.717) is 38.6 Å². The number of halogens is 2.